The molecule has 3 aromatic carbocycles. The predicted molar refractivity (Wildman–Crippen MR) is 120 cm³/mol. The van der Waals surface area contributed by atoms with Gasteiger partial charge in [-0.2, -0.15) is 0 Å². The molecule has 0 radical (unpaired) electrons. The van der Waals surface area contributed by atoms with Crippen molar-refractivity contribution >= 4 is 34.1 Å². The van der Waals surface area contributed by atoms with Gasteiger partial charge < -0.3 is 10.6 Å². The topological polar surface area (TPSA) is 71.1 Å². The van der Waals surface area contributed by atoms with E-state index in [1.54, 1.807) is 30.5 Å². The number of pyridine rings is 1. The van der Waals surface area contributed by atoms with Gasteiger partial charge in [-0.05, 0) is 54.4 Å². The van der Waals surface area contributed by atoms with Gasteiger partial charge in [0.1, 0.15) is 0 Å². The van der Waals surface area contributed by atoms with Gasteiger partial charge in [0.05, 0.1) is 11.2 Å². The van der Waals surface area contributed by atoms with E-state index in [0.29, 0.717) is 22.5 Å². The lowest BCUT2D eigenvalue weighted by atomic mass is 10.1. The molecule has 0 unspecified atom stereocenters. The van der Waals surface area contributed by atoms with Gasteiger partial charge in [-0.25, -0.2) is 0 Å². The normalized spacial score (nSPS) is 10.6. The molecule has 5 nitrogen and oxygen atoms in total. The Labute approximate surface area is 174 Å². The van der Waals surface area contributed by atoms with Gasteiger partial charge in [-0.3, -0.25) is 14.6 Å². The first kappa shape index (κ1) is 19.3. The Morgan fingerprint density at radius 1 is 0.800 bits per heavy atom. The summed E-state index contributed by atoms with van der Waals surface area (Å²) in [6, 6.07) is 23.8. The summed E-state index contributed by atoms with van der Waals surface area (Å²) < 4.78 is 0. The van der Waals surface area contributed by atoms with Crippen LogP contribution in [0.3, 0.4) is 0 Å². The van der Waals surface area contributed by atoms with Crippen LogP contribution in [0.2, 0.25) is 0 Å². The molecular weight excluding hydrogens is 374 g/mol. The summed E-state index contributed by atoms with van der Waals surface area (Å²) in [4.78, 5) is 29.8. The van der Waals surface area contributed by atoms with Gasteiger partial charge in [-0.1, -0.05) is 43.3 Å². The largest absolute Gasteiger partial charge is 0.322 e. The molecule has 1 heterocycles. The Hall–Kier alpha value is -3.99. The highest BCUT2D eigenvalue weighted by Crippen LogP contribution is 2.21. The van der Waals surface area contributed by atoms with Crippen molar-refractivity contribution in [1.82, 2.24) is 4.98 Å². The summed E-state index contributed by atoms with van der Waals surface area (Å²) in [6.45, 7) is 2.08. The van der Waals surface area contributed by atoms with Gasteiger partial charge in [0.2, 0.25) is 0 Å². The number of aromatic nitrogens is 1. The van der Waals surface area contributed by atoms with Crippen molar-refractivity contribution in [2.75, 3.05) is 10.6 Å². The Kier molecular flexibility index (Phi) is 5.52. The van der Waals surface area contributed by atoms with Crippen molar-refractivity contribution in [1.29, 1.82) is 0 Å². The highest BCUT2D eigenvalue weighted by Gasteiger charge is 2.12. The minimum Gasteiger partial charge on any atom is -0.322 e. The quantitative estimate of drug-likeness (QED) is 0.482. The molecule has 4 aromatic rings. The van der Waals surface area contributed by atoms with E-state index in [1.807, 2.05) is 54.6 Å². The van der Waals surface area contributed by atoms with Crippen LogP contribution in [-0.4, -0.2) is 16.8 Å². The Balaban J connectivity index is 1.52. The Morgan fingerprint density at radius 3 is 2.20 bits per heavy atom. The molecular formula is C25H21N3O2. The van der Waals surface area contributed by atoms with Crippen LogP contribution in [0.25, 0.3) is 10.9 Å². The Bertz CT molecular complexity index is 1210. The summed E-state index contributed by atoms with van der Waals surface area (Å²) >= 11 is 0. The van der Waals surface area contributed by atoms with Crippen LogP contribution in [0.4, 0.5) is 11.4 Å². The second-order valence-electron chi connectivity index (χ2n) is 6.92. The molecule has 2 amide bonds. The second kappa shape index (κ2) is 8.57. The second-order valence-corrected chi connectivity index (χ2v) is 6.92. The van der Waals surface area contributed by atoms with Crippen LogP contribution in [0.1, 0.15) is 33.2 Å². The zero-order valence-corrected chi connectivity index (χ0v) is 16.6. The fourth-order valence-corrected chi connectivity index (χ4v) is 3.23. The maximum Gasteiger partial charge on any atom is 0.255 e. The highest BCUT2D eigenvalue weighted by atomic mass is 16.2. The molecule has 0 aliphatic carbocycles. The number of fused-ring (bicyclic) bond motifs is 1. The van der Waals surface area contributed by atoms with E-state index in [1.165, 1.54) is 5.56 Å². The van der Waals surface area contributed by atoms with Crippen molar-refractivity contribution in [3.63, 3.8) is 0 Å². The number of rotatable bonds is 5. The number of benzene rings is 3. The van der Waals surface area contributed by atoms with Gasteiger partial charge in [0.25, 0.3) is 11.8 Å². The highest BCUT2D eigenvalue weighted by molar-refractivity contribution is 6.10. The summed E-state index contributed by atoms with van der Waals surface area (Å²) in [7, 11) is 0. The number of nitrogens with zero attached hydrogens (tertiary/aromatic N) is 1. The van der Waals surface area contributed by atoms with Crippen LogP contribution in [0, 0.1) is 0 Å². The van der Waals surface area contributed by atoms with E-state index in [9.17, 15) is 9.59 Å². The SMILES string of the molecule is CCc1ccc(NC(=O)c2cccc(C(=O)Nc3cccc4cccnc34)c2)cc1. The van der Waals surface area contributed by atoms with Crippen molar-refractivity contribution < 1.29 is 9.59 Å². The predicted octanol–water partition coefficient (Wildman–Crippen LogP) is 5.30. The van der Waals surface area contributed by atoms with Crippen LogP contribution >= 0.6 is 0 Å². The minimum atomic E-state index is -0.296. The molecule has 0 spiro atoms. The number of carbonyl (C=O) groups excluding carboxylic acids is 2. The van der Waals surface area contributed by atoms with E-state index in [2.05, 4.69) is 22.5 Å². The molecule has 0 bridgehead atoms. The smallest absolute Gasteiger partial charge is 0.255 e. The van der Waals surface area contributed by atoms with Crippen LogP contribution in [0.5, 0.6) is 0 Å². The molecule has 0 aliphatic heterocycles. The number of carbonyl (C=O) groups is 2. The van der Waals surface area contributed by atoms with Crippen molar-refractivity contribution in [2.24, 2.45) is 0 Å². The first-order valence-electron chi connectivity index (χ1n) is 9.79. The number of amides is 2. The molecule has 0 aliphatic rings. The van der Waals surface area contributed by atoms with E-state index >= 15 is 0 Å². The number of anilines is 2. The van der Waals surface area contributed by atoms with Gasteiger partial charge in [0.15, 0.2) is 0 Å². The van der Waals surface area contributed by atoms with Crippen molar-refractivity contribution in [3.05, 3.63) is 102 Å². The van der Waals surface area contributed by atoms with Gasteiger partial charge >= 0.3 is 0 Å². The van der Waals surface area contributed by atoms with Gasteiger partial charge in [0, 0.05) is 28.4 Å². The van der Waals surface area contributed by atoms with E-state index in [-0.39, 0.29) is 11.8 Å². The Morgan fingerprint density at radius 2 is 1.47 bits per heavy atom. The molecule has 0 saturated carbocycles. The first-order chi connectivity index (χ1) is 14.6. The summed E-state index contributed by atoms with van der Waals surface area (Å²) in [5.74, 6) is -0.559. The maximum absolute atomic E-state index is 12.8. The third-order valence-corrected chi connectivity index (χ3v) is 4.89. The van der Waals surface area contributed by atoms with E-state index in [0.717, 1.165) is 17.3 Å². The number of hydrogen-bond acceptors (Lipinski definition) is 3. The molecule has 0 fully saturated rings. The maximum atomic E-state index is 12.8. The van der Waals surface area contributed by atoms with E-state index < -0.39 is 0 Å². The van der Waals surface area contributed by atoms with Crippen LogP contribution < -0.4 is 10.6 Å². The number of hydrogen-bond donors (Lipinski definition) is 2. The van der Waals surface area contributed by atoms with Crippen molar-refractivity contribution in [2.45, 2.75) is 13.3 Å². The molecule has 5 heteroatoms. The first-order valence-corrected chi connectivity index (χ1v) is 9.79. The molecule has 148 valence electrons. The molecule has 0 saturated heterocycles. The zero-order valence-electron chi connectivity index (χ0n) is 16.6. The van der Waals surface area contributed by atoms with Crippen LogP contribution in [-0.2, 0) is 6.42 Å². The summed E-state index contributed by atoms with van der Waals surface area (Å²) in [6.07, 6.45) is 2.63. The number of aryl methyl sites for hydroxylation is 1. The molecule has 0 atom stereocenters. The average molecular weight is 395 g/mol. The monoisotopic (exact) mass is 395 g/mol. The molecule has 4 rings (SSSR count). The third kappa shape index (κ3) is 4.20. The summed E-state index contributed by atoms with van der Waals surface area (Å²) in [5.41, 5.74) is 4.08. The minimum absolute atomic E-state index is 0.263. The molecule has 1 aromatic heterocycles. The lowest BCUT2D eigenvalue weighted by molar-refractivity contribution is 0.102. The fourth-order valence-electron chi connectivity index (χ4n) is 3.23. The molecule has 2 N–H and O–H groups in total. The van der Waals surface area contributed by atoms with Crippen LogP contribution in [0.15, 0.2) is 85.1 Å². The zero-order chi connectivity index (χ0) is 20.9. The lowest BCUT2D eigenvalue weighted by Gasteiger charge is -2.10. The lowest BCUT2D eigenvalue weighted by Crippen LogP contribution is -2.15. The average Bonchev–Trinajstić information content (AvgIpc) is 2.80. The summed E-state index contributed by atoms with van der Waals surface area (Å²) in [5, 5.41) is 6.71. The number of nitrogens with one attached hydrogen (secondary N) is 2. The van der Waals surface area contributed by atoms with Gasteiger partial charge in [-0.15, -0.1) is 0 Å². The third-order valence-electron chi connectivity index (χ3n) is 4.89. The fraction of sp³-hybridized carbons (Fsp3) is 0.0800. The standard InChI is InChI=1S/C25H21N3O2/c1-2-17-11-13-21(14-12-17)27-24(29)19-7-3-8-20(16-19)25(30)28-22-10-4-6-18-9-5-15-26-23(18)22/h3-16H,2H2,1H3,(H,27,29)(H,28,30). The number of para-hydroxylation sites is 1. The van der Waals surface area contributed by atoms with E-state index in [4.69, 9.17) is 0 Å². The van der Waals surface area contributed by atoms with Crippen molar-refractivity contribution in [3.8, 4) is 0 Å². The molecule has 30 heavy (non-hydrogen) atoms.